The average Bonchev–Trinajstić information content (AvgIpc) is 3.24. The summed E-state index contributed by atoms with van der Waals surface area (Å²) in [5, 5.41) is 18.7. The number of pyridine rings is 1. The second-order valence-electron chi connectivity index (χ2n) is 9.16. The molecule has 2 aromatic heterocycles. The van der Waals surface area contributed by atoms with Crippen molar-refractivity contribution < 1.29 is 23.1 Å². The van der Waals surface area contributed by atoms with E-state index in [-0.39, 0.29) is 54.2 Å². The molecular weight excluding hydrogens is 518 g/mol. The third kappa shape index (κ3) is 5.16. The summed E-state index contributed by atoms with van der Waals surface area (Å²) in [4.78, 5) is 18.4. The molecule has 0 amide bonds. The summed E-state index contributed by atoms with van der Waals surface area (Å²) in [5.74, 6) is -3.95. The first kappa shape index (κ1) is 26.2. The lowest BCUT2D eigenvalue weighted by atomic mass is 9.72. The monoisotopic (exact) mass is 541 g/mol. The summed E-state index contributed by atoms with van der Waals surface area (Å²) in [6.45, 7) is 4.13. The number of carboxylic acids is 1. The summed E-state index contributed by atoms with van der Waals surface area (Å²) in [6.07, 6.45) is -0.0135. The van der Waals surface area contributed by atoms with E-state index >= 15 is 0 Å². The fourth-order valence-electron chi connectivity index (χ4n) is 4.61. The van der Waals surface area contributed by atoms with Gasteiger partial charge in [0.05, 0.1) is 16.1 Å². The van der Waals surface area contributed by atoms with Gasteiger partial charge in [-0.05, 0) is 39.3 Å². The average molecular weight is 542 g/mol. The molecule has 3 aromatic rings. The minimum Gasteiger partial charge on any atom is -0.481 e. The topological polar surface area (TPSA) is 94.1 Å². The van der Waals surface area contributed by atoms with Crippen molar-refractivity contribution in [3.05, 3.63) is 68.7 Å². The van der Waals surface area contributed by atoms with Crippen LogP contribution < -0.4 is 5.32 Å². The molecule has 1 aromatic carbocycles. The van der Waals surface area contributed by atoms with E-state index in [0.717, 1.165) is 0 Å². The molecule has 0 radical (unpaired) electrons. The van der Waals surface area contributed by atoms with Crippen LogP contribution in [-0.2, 0) is 17.8 Å². The van der Waals surface area contributed by atoms with Gasteiger partial charge in [-0.25, -0.2) is 18.2 Å². The highest BCUT2D eigenvalue weighted by Crippen LogP contribution is 2.41. The molecule has 12 heteroatoms. The van der Waals surface area contributed by atoms with Crippen LogP contribution in [0.15, 0.2) is 24.3 Å². The smallest absolute Gasteiger partial charge is 0.310 e. The van der Waals surface area contributed by atoms with E-state index in [1.54, 1.807) is 25.1 Å². The highest BCUT2D eigenvalue weighted by atomic mass is 35.5. The number of anilines is 2. The molecule has 192 valence electrons. The lowest BCUT2D eigenvalue weighted by Crippen LogP contribution is -2.50. The molecule has 0 unspecified atom stereocenters. The van der Waals surface area contributed by atoms with Crippen molar-refractivity contribution in [1.29, 1.82) is 0 Å². The minimum atomic E-state index is -1.38. The quantitative estimate of drug-likeness (QED) is 0.346. The van der Waals surface area contributed by atoms with Crippen LogP contribution in [0.4, 0.5) is 24.8 Å². The third-order valence-corrected chi connectivity index (χ3v) is 7.22. The van der Waals surface area contributed by atoms with E-state index < -0.39 is 33.9 Å². The number of nitrogens with zero attached hydrogens (tertiary/aromatic N) is 3. The van der Waals surface area contributed by atoms with Crippen molar-refractivity contribution >= 4 is 40.8 Å². The Morgan fingerprint density at radius 2 is 2.03 bits per heavy atom. The van der Waals surface area contributed by atoms with E-state index in [9.17, 15) is 23.1 Å². The minimum absolute atomic E-state index is 0.0150. The maximum Gasteiger partial charge on any atom is 0.310 e. The zero-order valence-electron chi connectivity index (χ0n) is 19.5. The van der Waals surface area contributed by atoms with Crippen LogP contribution in [0.2, 0.25) is 10.0 Å². The fraction of sp³-hybridized carbons (Fsp3) is 0.375. The van der Waals surface area contributed by atoms with Crippen LogP contribution in [0.3, 0.4) is 0 Å². The maximum absolute atomic E-state index is 15.0. The largest absolute Gasteiger partial charge is 0.481 e. The van der Waals surface area contributed by atoms with E-state index in [2.05, 4.69) is 20.5 Å². The standard InChI is InChI=1S/C24H24Cl2F3N5O2/c1-12-8-17(33-32-12)31-22-21(29)18(26)20(28)16(30-22)10-24(23(35)36)6-7-34(13(2)9-24)11-14-4-3-5-15(25)19(14)27/h3-5,8,13H,6-7,9-11H2,1-2H3,(H,35,36)(H2,30,31,32,33)/t13-,24-/m1/s1. The van der Waals surface area contributed by atoms with E-state index in [1.807, 2.05) is 11.8 Å². The Hall–Kier alpha value is -2.82. The van der Waals surface area contributed by atoms with E-state index in [0.29, 0.717) is 17.8 Å². The summed E-state index contributed by atoms with van der Waals surface area (Å²) < 4.78 is 44.0. The Kier molecular flexibility index (Phi) is 7.49. The zero-order chi connectivity index (χ0) is 26.2. The fourth-order valence-corrected chi connectivity index (χ4v) is 5.01. The second-order valence-corrected chi connectivity index (χ2v) is 9.94. The number of carbonyl (C=O) groups is 1. The number of rotatable bonds is 7. The van der Waals surface area contributed by atoms with Gasteiger partial charge in [0.1, 0.15) is 10.8 Å². The molecule has 0 spiro atoms. The van der Waals surface area contributed by atoms with Crippen LogP contribution >= 0.6 is 23.2 Å². The van der Waals surface area contributed by atoms with Crippen molar-refractivity contribution in [2.24, 2.45) is 5.41 Å². The summed E-state index contributed by atoms with van der Waals surface area (Å²) in [5.41, 5.74) is -0.535. The van der Waals surface area contributed by atoms with Gasteiger partial charge in [0.25, 0.3) is 0 Å². The first-order chi connectivity index (χ1) is 17.0. The SMILES string of the molecule is Cc1cc(Nc2nc(C[C@@]3(C(=O)O)CCN(Cc4cccc(Cl)c4F)[C@H](C)C3)c(F)c(Cl)c2F)n[nH]1. The normalized spacial score (nSPS) is 20.5. The highest BCUT2D eigenvalue weighted by Gasteiger charge is 2.45. The highest BCUT2D eigenvalue weighted by molar-refractivity contribution is 6.31. The van der Waals surface area contributed by atoms with Crippen molar-refractivity contribution in [1.82, 2.24) is 20.1 Å². The Labute approximate surface area is 215 Å². The Morgan fingerprint density at radius 3 is 2.67 bits per heavy atom. The molecule has 0 bridgehead atoms. The predicted molar refractivity (Wildman–Crippen MR) is 130 cm³/mol. The van der Waals surface area contributed by atoms with Crippen LogP contribution in [0, 0.1) is 29.8 Å². The number of hydrogen-bond acceptors (Lipinski definition) is 5. The molecule has 7 nitrogen and oxygen atoms in total. The van der Waals surface area contributed by atoms with Crippen LogP contribution in [0.5, 0.6) is 0 Å². The number of benzene rings is 1. The number of halogens is 5. The van der Waals surface area contributed by atoms with Gasteiger partial charge in [0.15, 0.2) is 23.3 Å². The number of aryl methyl sites for hydroxylation is 1. The summed E-state index contributed by atoms with van der Waals surface area (Å²) >= 11 is 11.8. The predicted octanol–water partition coefficient (Wildman–Crippen LogP) is 5.88. The number of piperidine rings is 1. The number of likely N-dealkylation sites (tertiary alicyclic amines) is 1. The van der Waals surface area contributed by atoms with Gasteiger partial charge in [-0.2, -0.15) is 5.10 Å². The van der Waals surface area contributed by atoms with Gasteiger partial charge in [-0.1, -0.05) is 35.3 Å². The molecule has 1 fully saturated rings. The Bertz CT molecular complexity index is 1300. The first-order valence-electron chi connectivity index (χ1n) is 11.2. The second kappa shape index (κ2) is 10.3. The number of carboxylic acid groups (broad SMARTS) is 1. The van der Waals surface area contributed by atoms with Gasteiger partial charge in [-0.15, -0.1) is 0 Å². The number of hydrogen-bond donors (Lipinski definition) is 3. The molecule has 0 aliphatic carbocycles. The van der Waals surface area contributed by atoms with Crippen LogP contribution in [-0.4, -0.2) is 43.7 Å². The van der Waals surface area contributed by atoms with Crippen LogP contribution in [0.25, 0.3) is 0 Å². The number of nitrogens with one attached hydrogen (secondary N) is 2. The number of aromatic nitrogens is 3. The number of aliphatic carboxylic acids is 1. The first-order valence-corrected chi connectivity index (χ1v) is 12.0. The zero-order valence-corrected chi connectivity index (χ0v) is 21.0. The molecule has 1 saturated heterocycles. The molecule has 0 saturated carbocycles. The maximum atomic E-state index is 15.0. The molecule has 3 N–H and O–H groups in total. The number of aromatic amines is 1. The molecule has 2 atom stereocenters. The van der Waals surface area contributed by atoms with Crippen molar-refractivity contribution in [2.45, 2.75) is 45.7 Å². The van der Waals surface area contributed by atoms with Crippen LogP contribution in [0.1, 0.15) is 36.7 Å². The Balaban J connectivity index is 1.58. The van der Waals surface area contributed by atoms with Gasteiger partial charge in [0.2, 0.25) is 0 Å². The number of H-pyrrole nitrogens is 1. The van der Waals surface area contributed by atoms with Gasteiger partial charge < -0.3 is 10.4 Å². The van der Waals surface area contributed by atoms with E-state index in [1.165, 1.54) is 6.07 Å². The van der Waals surface area contributed by atoms with Gasteiger partial charge in [0, 0.05) is 36.3 Å². The van der Waals surface area contributed by atoms with Gasteiger partial charge in [-0.3, -0.25) is 14.8 Å². The molecule has 36 heavy (non-hydrogen) atoms. The van der Waals surface area contributed by atoms with Crippen molar-refractivity contribution in [3.63, 3.8) is 0 Å². The summed E-state index contributed by atoms with van der Waals surface area (Å²) in [6, 6.07) is 6.05. The molecule has 1 aliphatic rings. The lowest BCUT2D eigenvalue weighted by Gasteiger charge is -2.43. The molecule has 1 aliphatic heterocycles. The van der Waals surface area contributed by atoms with Crippen molar-refractivity contribution in [2.75, 3.05) is 11.9 Å². The lowest BCUT2D eigenvalue weighted by molar-refractivity contribution is -0.153. The molecule has 3 heterocycles. The van der Waals surface area contributed by atoms with E-state index in [4.69, 9.17) is 23.2 Å². The van der Waals surface area contributed by atoms with Gasteiger partial charge >= 0.3 is 5.97 Å². The molecular formula is C24H24Cl2F3N5O2. The Morgan fingerprint density at radius 1 is 1.28 bits per heavy atom. The summed E-state index contributed by atoms with van der Waals surface area (Å²) in [7, 11) is 0. The third-order valence-electron chi connectivity index (χ3n) is 6.60. The molecule has 4 rings (SSSR count). The van der Waals surface area contributed by atoms with Crippen molar-refractivity contribution in [3.8, 4) is 0 Å².